The van der Waals surface area contributed by atoms with Crippen molar-refractivity contribution in [2.24, 2.45) is 0 Å². The molecule has 1 saturated heterocycles. The zero-order valence-electron chi connectivity index (χ0n) is 14.0. The maximum atomic E-state index is 12.8. The molecule has 0 aliphatic carbocycles. The first-order chi connectivity index (χ1) is 12.6. The van der Waals surface area contributed by atoms with Gasteiger partial charge in [0.25, 0.3) is 17.9 Å². The van der Waals surface area contributed by atoms with Gasteiger partial charge in [0.1, 0.15) is 5.75 Å². The molecule has 1 N–H and O–H groups in total. The number of carbonyl (C=O) groups is 2. The van der Waals surface area contributed by atoms with Gasteiger partial charge in [-0.1, -0.05) is 23.7 Å². The van der Waals surface area contributed by atoms with Crippen molar-refractivity contribution in [2.45, 2.75) is 6.10 Å². The highest BCUT2D eigenvalue weighted by Gasteiger charge is 2.37. The van der Waals surface area contributed by atoms with Crippen molar-refractivity contribution in [3.05, 3.63) is 53.6 Å². The van der Waals surface area contributed by atoms with Crippen molar-refractivity contribution in [3.63, 3.8) is 0 Å². The molecule has 2 heterocycles. The van der Waals surface area contributed by atoms with E-state index in [1.807, 2.05) is 30.3 Å². The van der Waals surface area contributed by atoms with Crippen molar-refractivity contribution >= 4 is 34.8 Å². The van der Waals surface area contributed by atoms with Crippen LogP contribution in [0.1, 0.15) is 0 Å². The number of hydrogen-bond donors (Lipinski definition) is 1. The summed E-state index contributed by atoms with van der Waals surface area (Å²) >= 11 is 5.93. The van der Waals surface area contributed by atoms with Crippen molar-refractivity contribution in [3.8, 4) is 5.75 Å². The summed E-state index contributed by atoms with van der Waals surface area (Å²) < 4.78 is 5.65. The molecule has 2 aromatic rings. The first-order valence-electron chi connectivity index (χ1n) is 8.48. The van der Waals surface area contributed by atoms with E-state index >= 15 is 0 Å². The first-order valence-corrected chi connectivity index (χ1v) is 8.85. The van der Waals surface area contributed by atoms with Crippen LogP contribution in [0.4, 0.5) is 11.4 Å². The smallest absolute Gasteiger partial charge is 0.275 e. The minimum atomic E-state index is -1.13. The molecule has 0 spiro atoms. The first kappa shape index (κ1) is 16.7. The second kappa shape index (κ2) is 6.88. The molecule has 134 valence electrons. The third kappa shape index (κ3) is 3.20. The maximum absolute atomic E-state index is 12.8. The molecule has 7 heteroatoms. The van der Waals surface area contributed by atoms with Gasteiger partial charge >= 0.3 is 0 Å². The Balaban J connectivity index is 1.41. The van der Waals surface area contributed by atoms with Crippen LogP contribution in [0, 0.1) is 0 Å². The minimum absolute atomic E-state index is 0.298. The normalized spacial score (nSPS) is 19.4. The number of piperazine rings is 1. The largest absolute Gasteiger partial charge is 0.468 e. The highest BCUT2D eigenvalue weighted by Crippen LogP contribution is 2.29. The molecule has 0 radical (unpaired) electrons. The van der Waals surface area contributed by atoms with Crippen molar-refractivity contribution in [1.82, 2.24) is 4.90 Å². The zero-order valence-corrected chi connectivity index (χ0v) is 14.8. The molecule has 0 aromatic heterocycles. The van der Waals surface area contributed by atoms with Crippen LogP contribution >= 0.6 is 11.6 Å². The molecule has 1 unspecified atom stereocenters. The number of nitrogens with zero attached hydrogens (tertiary/aromatic N) is 2. The maximum Gasteiger partial charge on any atom is 0.275 e. The fourth-order valence-electron chi connectivity index (χ4n) is 3.22. The lowest BCUT2D eigenvalue weighted by Crippen LogP contribution is -2.55. The molecule has 2 aliphatic rings. The number of para-hydroxylation sites is 2. The quantitative estimate of drug-likeness (QED) is 0.823. The molecule has 1 atom stereocenters. The number of benzene rings is 2. The number of nitrogens with one attached hydrogen (secondary N) is 1. The molecule has 26 heavy (non-hydrogen) atoms. The number of hydrogen-bond acceptors (Lipinski definition) is 4. The van der Waals surface area contributed by atoms with Gasteiger partial charge in [0.15, 0.2) is 0 Å². The van der Waals surface area contributed by atoms with E-state index in [2.05, 4.69) is 10.2 Å². The Kier molecular flexibility index (Phi) is 4.42. The van der Waals surface area contributed by atoms with Crippen LogP contribution in [0.15, 0.2) is 48.5 Å². The van der Waals surface area contributed by atoms with E-state index in [0.717, 1.165) is 5.69 Å². The number of carbonyl (C=O) groups excluding carboxylic acids is 2. The van der Waals surface area contributed by atoms with E-state index in [4.69, 9.17) is 16.3 Å². The topological polar surface area (TPSA) is 61.9 Å². The van der Waals surface area contributed by atoms with Gasteiger partial charge in [-0.15, -0.1) is 0 Å². The van der Waals surface area contributed by atoms with Gasteiger partial charge in [-0.2, -0.15) is 0 Å². The van der Waals surface area contributed by atoms with E-state index in [1.165, 1.54) is 0 Å². The van der Waals surface area contributed by atoms with Gasteiger partial charge in [-0.3, -0.25) is 9.59 Å². The van der Waals surface area contributed by atoms with Crippen LogP contribution in [0.2, 0.25) is 5.02 Å². The second-order valence-electron chi connectivity index (χ2n) is 6.27. The Morgan fingerprint density at radius 2 is 1.73 bits per heavy atom. The SMILES string of the molecule is O=C1Nc2ccccc2OC1C(=O)N1CCN(c2ccc(Cl)cc2)CC1. The van der Waals surface area contributed by atoms with Crippen LogP contribution in [0.5, 0.6) is 5.75 Å². The van der Waals surface area contributed by atoms with Gasteiger partial charge in [-0.25, -0.2) is 0 Å². The third-order valence-electron chi connectivity index (χ3n) is 4.64. The number of halogens is 1. The number of fused-ring (bicyclic) bond motifs is 1. The monoisotopic (exact) mass is 371 g/mol. The Hall–Kier alpha value is -2.73. The molecule has 2 aliphatic heterocycles. The van der Waals surface area contributed by atoms with E-state index in [-0.39, 0.29) is 5.91 Å². The standard InChI is InChI=1S/C19H18ClN3O3/c20-13-5-7-14(8-6-13)22-9-11-23(12-10-22)19(25)17-18(24)21-15-3-1-2-4-16(15)26-17/h1-8,17H,9-12H2,(H,21,24). The fourth-order valence-corrected chi connectivity index (χ4v) is 3.34. The predicted molar refractivity (Wildman–Crippen MR) is 99.7 cm³/mol. The number of ether oxygens (including phenoxy) is 1. The van der Waals surface area contributed by atoms with Crippen molar-refractivity contribution in [1.29, 1.82) is 0 Å². The Morgan fingerprint density at radius 3 is 2.46 bits per heavy atom. The van der Waals surface area contributed by atoms with Gasteiger partial charge in [0.2, 0.25) is 0 Å². The highest BCUT2D eigenvalue weighted by molar-refractivity contribution is 6.30. The lowest BCUT2D eigenvalue weighted by atomic mass is 10.1. The number of rotatable bonds is 2. The minimum Gasteiger partial charge on any atom is -0.468 e. The Morgan fingerprint density at radius 1 is 1.04 bits per heavy atom. The van der Waals surface area contributed by atoms with Crippen LogP contribution < -0.4 is 15.0 Å². The summed E-state index contributed by atoms with van der Waals surface area (Å²) in [5, 5.41) is 3.43. The summed E-state index contributed by atoms with van der Waals surface area (Å²) in [7, 11) is 0. The number of anilines is 2. The average molecular weight is 372 g/mol. The summed E-state index contributed by atoms with van der Waals surface area (Å²) in [5.41, 5.74) is 1.66. The molecule has 4 rings (SSSR count). The van der Waals surface area contributed by atoms with Crippen LogP contribution in [0.3, 0.4) is 0 Å². The summed E-state index contributed by atoms with van der Waals surface area (Å²) in [5.74, 6) is -0.202. The van der Waals surface area contributed by atoms with Crippen LogP contribution in [0.25, 0.3) is 0 Å². The molecular formula is C19H18ClN3O3. The van der Waals surface area contributed by atoms with E-state index in [0.29, 0.717) is 42.6 Å². The summed E-state index contributed by atoms with van der Waals surface area (Å²) in [4.78, 5) is 28.9. The molecule has 0 bridgehead atoms. The van der Waals surface area contributed by atoms with E-state index in [1.54, 1.807) is 23.1 Å². The molecule has 1 fully saturated rings. The van der Waals surface area contributed by atoms with Crippen molar-refractivity contribution in [2.75, 3.05) is 36.4 Å². The van der Waals surface area contributed by atoms with Crippen molar-refractivity contribution < 1.29 is 14.3 Å². The lowest BCUT2D eigenvalue weighted by molar-refractivity contribution is -0.145. The van der Waals surface area contributed by atoms with Gasteiger partial charge in [-0.05, 0) is 36.4 Å². The van der Waals surface area contributed by atoms with Gasteiger partial charge in [0.05, 0.1) is 5.69 Å². The molecule has 6 nitrogen and oxygen atoms in total. The Bertz CT molecular complexity index is 832. The molecule has 2 aromatic carbocycles. The Labute approximate surface area is 156 Å². The van der Waals surface area contributed by atoms with E-state index in [9.17, 15) is 9.59 Å². The van der Waals surface area contributed by atoms with Gasteiger partial charge in [0, 0.05) is 36.9 Å². The molecule has 2 amide bonds. The predicted octanol–water partition coefficient (Wildman–Crippen LogP) is 2.39. The van der Waals surface area contributed by atoms with Crippen LogP contribution in [-0.4, -0.2) is 49.0 Å². The molecule has 0 saturated carbocycles. The van der Waals surface area contributed by atoms with E-state index < -0.39 is 12.0 Å². The van der Waals surface area contributed by atoms with Crippen LogP contribution in [-0.2, 0) is 9.59 Å². The second-order valence-corrected chi connectivity index (χ2v) is 6.71. The summed E-state index contributed by atoms with van der Waals surface area (Å²) in [6.07, 6.45) is -1.13. The zero-order chi connectivity index (χ0) is 18.1. The number of amides is 2. The third-order valence-corrected chi connectivity index (χ3v) is 4.89. The lowest BCUT2D eigenvalue weighted by Gasteiger charge is -2.37. The average Bonchev–Trinajstić information content (AvgIpc) is 2.68. The summed E-state index contributed by atoms with van der Waals surface area (Å²) in [6, 6.07) is 14.7. The highest BCUT2D eigenvalue weighted by atomic mass is 35.5. The molecular weight excluding hydrogens is 354 g/mol. The summed E-state index contributed by atoms with van der Waals surface area (Å²) in [6.45, 7) is 2.46. The van der Waals surface area contributed by atoms with Gasteiger partial charge < -0.3 is 19.9 Å². The fraction of sp³-hybridized carbons (Fsp3) is 0.263.